The van der Waals surface area contributed by atoms with Crippen LogP contribution in [0.15, 0.2) is 23.1 Å². The van der Waals surface area contributed by atoms with Gasteiger partial charge in [0, 0.05) is 31.3 Å². The Morgan fingerprint density at radius 2 is 1.93 bits per heavy atom. The molecule has 1 aromatic carbocycles. The molecule has 0 aliphatic carbocycles. The van der Waals surface area contributed by atoms with Gasteiger partial charge in [0.1, 0.15) is 10.6 Å². The smallest absolute Gasteiger partial charge is 0.271 e. The molecule has 10 nitrogen and oxygen atoms in total. The molecule has 2 heterocycles. The van der Waals surface area contributed by atoms with Crippen LogP contribution in [0.4, 0.5) is 5.69 Å². The lowest BCUT2D eigenvalue weighted by Crippen LogP contribution is -2.51. The van der Waals surface area contributed by atoms with Crippen molar-refractivity contribution in [2.75, 3.05) is 26.7 Å². The highest BCUT2D eigenvalue weighted by Crippen LogP contribution is 2.33. The SMILES string of the molecule is COc1ccc([N+](=O)[O-])cc1S(=O)(=O)N1CCC(N2CCCC2C(N)=O)CC1. The van der Waals surface area contributed by atoms with Crippen molar-refractivity contribution in [1.82, 2.24) is 9.21 Å². The maximum absolute atomic E-state index is 13.1. The zero-order valence-electron chi connectivity index (χ0n) is 15.6. The van der Waals surface area contributed by atoms with Crippen LogP contribution in [-0.4, -0.2) is 67.3 Å². The van der Waals surface area contributed by atoms with Gasteiger partial charge in [-0.05, 0) is 38.3 Å². The molecule has 0 aromatic heterocycles. The molecule has 1 amide bonds. The normalized spacial score (nSPS) is 22.2. The van der Waals surface area contributed by atoms with Crippen molar-refractivity contribution in [3.63, 3.8) is 0 Å². The van der Waals surface area contributed by atoms with Gasteiger partial charge in [0.05, 0.1) is 18.1 Å². The van der Waals surface area contributed by atoms with E-state index in [1.54, 1.807) is 0 Å². The molecule has 154 valence electrons. The minimum atomic E-state index is -3.94. The van der Waals surface area contributed by atoms with E-state index < -0.39 is 14.9 Å². The Balaban J connectivity index is 1.77. The average molecular weight is 412 g/mol. The number of carbonyl (C=O) groups excluding carboxylic acids is 1. The molecule has 0 saturated carbocycles. The Morgan fingerprint density at radius 1 is 1.25 bits per heavy atom. The van der Waals surface area contributed by atoms with Crippen molar-refractivity contribution in [1.29, 1.82) is 0 Å². The molecule has 11 heteroatoms. The lowest BCUT2D eigenvalue weighted by atomic mass is 10.0. The van der Waals surface area contributed by atoms with E-state index in [0.29, 0.717) is 12.8 Å². The summed E-state index contributed by atoms with van der Waals surface area (Å²) in [6, 6.07) is 3.34. The first-order chi connectivity index (χ1) is 13.3. The number of rotatable bonds is 6. The minimum absolute atomic E-state index is 0.0704. The second-order valence-corrected chi connectivity index (χ2v) is 8.93. The first-order valence-corrected chi connectivity index (χ1v) is 10.6. The zero-order chi connectivity index (χ0) is 20.5. The van der Waals surface area contributed by atoms with Gasteiger partial charge in [-0.2, -0.15) is 4.31 Å². The molecule has 1 atom stereocenters. The molecule has 1 aromatic rings. The maximum Gasteiger partial charge on any atom is 0.271 e. The molecule has 2 aliphatic heterocycles. The van der Waals surface area contributed by atoms with Gasteiger partial charge >= 0.3 is 0 Å². The van der Waals surface area contributed by atoms with Gasteiger partial charge in [-0.25, -0.2) is 8.42 Å². The summed E-state index contributed by atoms with van der Waals surface area (Å²) in [5, 5.41) is 11.0. The predicted molar refractivity (Wildman–Crippen MR) is 100 cm³/mol. The quantitative estimate of drug-likeness (QED) is 0.536. The number of primary amides is 1. The largest absolute Gasteiger partial charge is 0.495 e. The molecule has 0 spiro atoms. The number of benzene rings is 1. The summed E-state index contributed by atoms with van der Waals surface area (Å²) >= 11 is 0. The predicted octanol–water partition coefficient (Wildman–Crippen LogP) is 0.706. The first-order valence-electron chi connectivity index (χ1n) is 9.13. The third kappa shape index (κ3) is 3.82. The molecule has 2 aliphatic rings. The van der Waals surface area contributed by atoms with Gasteiger partial charge in [0.2, 0.25) is 15.9 Å². The number of ether oxygens (including phenoxy) is 1. The van der Waals surface area contributed by atoms with Crippen LogP contribution in [0.2, 0.25) is 0 Å². The third-order valence-corrected chi connectivity index (χ3v) is 7.41. The van der Waals surface area contributed by atoms with Gasteiger partial charge in [-0.15, -0.1) is 0 Å². The summed E-state index contributed by atoms with van der Waals surface area (Å²) in [7, 11) is -2.62. The number of hydrogen-bond donors (Lipinski definition) is 1. The summed E-state index contributed by atoms with van der Waals surface area (Å²) < 4.78 is 32.6. The molecule has 0 radical (unpaired) electrons. The van der Waals surface area contributed by atoms with E-state index >= 15 is 0 Å². The van der Waals surface area contributed by atoms with Crippen molar-refractivity contribution in [2.45, 2.75) is 42.7 Å². The number of hydrogen-bond acceptors (Lipinski definition) is 7. The fourth-order valence-electron chi connectivity index (χ4n) is 4.07. The van der Waals surface area contributed by atoms with Crippen LogP contribution in [0.25, 0.3) is 0 Å². The summed E-state index contributed by atoms with van der Waals surface area (Å²) in [4.78, 5) is 23.9. The third-order valence-electron chi connectivity index (χ3n) is 5.49. The van der Waals surface area contributed by atoms with E-state index in [1.807, 2.05) is 0 Å². The standard InChI is InChI=1S/C17H24N4O6S/c1-27-15-5-4-13(21(23)24)11-16(15)28(25,26)19-9-6-12(7-10-19)20-8-2-3-14(20)17(18)22/h4-5,11-12,14H,2-3,6-10H2,1H3,(H2,18,22). The first kappa shape index (κ1) is 20.5. The van der Waals surface area contributed by atoms with Crippen LogP contribution in [0, 0.1) is 10.1 Å². The van der Waals surface area contributed by atoms with Crippen LogP contribution < -0.4 is 10.5 Å². The van der Waals surface area contributed by atoms with Gasteiger partial charge in [-0.3, -0.25) is 19.8 Å². The molecular weight excluding hydrogens is 388 g/mol. The van der Waals surface area contributed by atoms with Gasteiger partial charge in [0.15, 0.2) is 0 Å². The number of piperidine rings is 1. The molecule has 2 saturated heterocycles. The monoisotopic (exact) mass is 412 g/mol. The molecule has 3 rings (SSSR count). The Morgan fingerprint density at radius 3 is 2.50 bits per heavy atom. The average Bonchev–Trinajstić information content (AvgIpc) is 3.17. The summed E-state index contributed by atoms with van der Waals surface area (Å²) in [5.41, 5.74) is 5.17. The number of non-ortho nitro benzene ring substituents is 1. The van der Waals surface area contributed by atoms with E-state index in [9.17, 15) is 23.3 Å². The zero-order valence-corrected chi connectivity index (χ0v) is 16.4. The van der Waals surface area contributed by atoms with E-state index in [1.165, 1.54) is 23.5 Å². The highest BCUT2D eigenvalue weighted by molar-refractivity contribution is 7.89. The van der Waals surface area contributed by atoms with E-state index in [4.69, 9.17) is 10.5 Å². The molecule has 2 N–H and O–H groups in total. The summed E-state index contributed by atoms with van der Waals surface area (Å²) in [6.07, 6.45) is 2.77. The van der Waals surface area contributed by atoms with Crippen molar-refractivity contribution in [3.8, 4) is 5.75 Å². The summed E-state index contributed by atoms with van der Waals surface area (Å²) in [6.45, 7) is 1.31. The Bertz CT molecular complexity index is 866. The van der Waals surface area contributed by atoms with Crippen molar-refractivity contribution in [2.24, 2.45) is 5.73 Å². The number of nitrogens with two attached hydrogens (primary N) is 1. The molecule has 1 unspecified atom stereocenters. The second-order valence-electron chi connectivity index (χ2n) is 7.03. The minimum Gasteiger partial charge on any atom is -0.495 e. The molecule has 28 heavy (non-hydrogen) atoms. The topological polar surface area (TPSA) is 136 Å². The molecular formula is C17H24N4O6S. The molecule has 2 fully saturated rings. The van der Waals surface area contributed by atoms with Crippen LogP contribution >= 0.6 is 0 Å². The van der Waals surface area contributed by atoms with Crippen molar-refractivity contribution < 1.29 is 22.9 Å². The highest BCUT2D eigenvalue weighted by atomic mass is 32.2. The lowest BCUT2D eigenvalue weighted by Gasteiger charge is -2.38. The van der Waals surface area contributed by atoms with Crippen LogP contribution in [0.5, 0.6) is 5.75 Å². The van der Waals surface area contributed by atoms with E-state index in [-0.39, 0.29) is 47.4 Å². The maximum atomic E-state index is 13.1. The number of amides is 1. The van der Waals surface area contributed by atoms with E-state index in [2.05, 4.69) is 4.90 Å². The van der Waals surface area contributed by atoms with E-state index in [0.717, 1.165) is 25.5 Å². The Labute approximate surface area is 163 Å². The fraction of sp³-hybridized carbons (Fsp3) is 0.588. The number of sulfonamides is 1. The second kappa shape index (κ2) is 8.02. The number of carbonyl (C=O) groups is 1. The fourth-order valence-corrected chi connectivity index (χ4v) is 5.71. The number of nitrogens with zero attached hydrogens (tertiary/aromatic N) is 3. The van der Waals surface area contributed by atoms with Gasteiger partial charge < -0.3 is 10.5 Å². The van der Waals surface area contributed by atoms with Crippen LogP contribution in [0.3, 0.4) is 0 Å². The highest BCUT2D eigenvalue weighted by Gasteiger charge is 2.38. The van der Waals surface area contributed by atoms with Crippen LogP contribution in [-0.2, 0) is 14.8 Å². The number of likely N-dealkylation sites (tertiary alicyclic amines) is 1. The van der Waals surface area contributed by atoms with Gasteiger partial charge in [0.25, 0.3) is 5.69 Å². The molecule has 0 bridgehead atoms. The Hall–Kier alpha value is -2.24. The van der Waals surface area contributed by atoms with Crippen LogP contribution in [0.1, 0.15) is 25.7 Å². The lowest BCUT2D eigenvalue weighted by molar-refractivity contribution is -0.385. The Kier molecular flexibility index (Phi) is 5.87. The number of nitro benzene ring substituents is 1. The number of nitro groups is 1. The van der Waals surface area contributed by atoms with Crippen molar-refractivity contribution >= 4 is 21.6 Å². The van der Waals surface area contributed by atoms with Gasteiger partial charge in [-0.1, -0.05) is 0 Å². The van der Waals surface area contributed by atoms with Crippen molar-refractivity contribution in [3.05, 3.63) is 28.3 Å². The summed E-state index contributed by atoms with van der Waals surface area (Å²) in [5.74, 6) is -0.269. The number of methoxy groups -OCH3 is 1.